The maximum absolute atomic E-state index is 12.1. The Balaban J connectivity index is 1.43. The molecule has 2 unspecified atom stereocenters. The fraction of sp³-hybridized carbons (Fsp3) is 0.588. The Bertz CT molecular complexity index is 463. The van der Waals surface area contributed by atoms with Crippen molar-refractivity contribution in [3.63, 3.8) is 0 Å². The standard InChI is InChI=1S/C17H24N2O2/c20-16-10-14-6-7-15(11-16)19(14)12-17(21)18-9-8-13-4-2-1-3-5-13/h1-5,14-16,20H,6-12H2,(H,18,21). The van der Waals surface area contributed by atoms with Crippen molar-refractivity contribution < 1.29 is 9.90 Å². The van der Waals surface area contributed by atoms with Crippen molar-refractivity contribution >= 4 is 5.91 Å². The van der Waals surface area contributed by atoms with Gasteiger partial charge in [-0.2, -0.15) is 0 Å². The first kappa shape index (κ1) is 14.5. The molecule has 21 heavy (non-hydrogen) atoms. The third-order valence-electron chi connectivity index (χ3n) is 4.76. The number of hydrogen-bond donors (Lipinski definition) is 2. The summed E-state index contributed by atoms with van der Waals surface area (Å²) in [6, 6.07) is 11.0. The van der Waals surface area contributed by atoms with E-state index in [1.807, 2.05) is 18.2 Å². The number of carbonyl (C=O) groups excluding carboxylic acids is 1. The molecule has 0 aliphatic carbocycles. The van der Waals surface area contributed by atoms with Gasteiger partial charge in [0.15, 0.2) is 0 Å². The molecule has 2 fully saturated rings. The van der Waals surface area contributed by atoms with E-state index in [9.17, 15) is 9.90 Å². The minimum absolute atomic E-state index is 0.110. The molecule has 4 nitrogen and oxygen atoms in total. The molecule has 1 aromatic rings. The van der Waals surface area contributed by atoms with Crippen molar-refractivity contribution in [1.29, 1.82) is 0 Å². The molecule has 2 heterocycles. The van der Waals surface area contributed by atoms with E-state index in [-0.39, 0.29) is 12.0 Å². The molecule has 2 saturated heterocycles. The number of aliphatic hydroxyl groups is 1. The van der Waals surface area contributed by atoms with E-state index in [1.54, 1.807) is 0 Å². The number of aliphatic hydroxyl groups excluding tert-OH is 1. The highest BCUT2D eigenvalue weighted by Gasteiger charge is 2.40. The lowest BCUT2D eigenvalue weighted by molar-refractivity contribution is -0.124. The Morgan fingerprint density at radius 1 is 1.19 bits per heavy atom. The second-order valence-corrected chi connectivity index (χ2v) is 6.27. The van der Waals surface area contributed by atoms with Crippen LogP contribution >= 0.6 is 0 Å². The lowest BCUT2D eigenvalue weighted by Crippen LogP contribution is -2.49. The van der Waals surface area contributed by atoms with E-state index in [4.69, 9.17) is 0 Å². The minimum atomic E-state index is -0.167. The number of rotatable bonds is 5. The molecule has 114 valence electrons. The maximum atomic E-state index is 12.1. The molecule has 0 spiro atoms. The number of amides is 1. The summed E-state index contributed by atoms with van der Waals surface area (Å²) < 4.78 is 0. The number of hydrogen-bond acceptors (Lipinski definition) is 3. The molecule has 2 aliphatic rings. The fourth-order valence-corrected chi connectivity index (χ4v) is 3.72. The summed E-state index contributed by atoms with van der Waals surface area (Å²) in [5, 5.41) is 12.8. The van der Waals surface area contributed by atoms with Gasteiger partial charge in [-0.15, -0.1) is 0 Å². The van der Waals surface area contributed by atoms with Crippen molar-refractivity contribution in [1.82, 2.24) is 10.2 Å². The normalized spacial score (nSPS) is 28.5. The summed E-state index contributed by atoms with van der Waals surface area (Å²) in [6.07, 6.45) is 4.61. The molecule has 2 aliphatic heterocycles. The molecule has 2 bridgehead atoms. The summed E-state index contributed by atoms with van der Waals surface area (Å²) in [5.41, 5.74) is 1.25. The Morgan fingerprint density at radius 3 is 2.52 bits per heavy atom. The van der Waals surface area contributed by atoms with Crippen LogP contribution in [0.4, 0.5) is 0 Å². The van der Waals surface area contributed by atoms with Crippen LogP contribution in [0.1, 0.15) is 31.2 Å². The van der Waals surface area contributed by atoms with Gasteiger partial charge in [-0.3, -0.25) is 9.69 Å². The molecule has 1 amide bonds. The van der Waals surface area contributed by atoms with Gasteiger partial charge in [0.05, 0.1) is 12.6 Å². The molecular weight excluding hydrogens is 264 g/mol. The Labute approximate surface area is 126 Å². The number of benzene rings is 1. The van der Waals surface area contributed by atoms with Crippen LogP contribution < -0.4 is 5.32 Å². The SMILES string of the molecule is O=C(CN1C2CCC1CC(O)C2)NCCc1ccccc1. The maximum Gasteiger partial charge on any atom is 0.234 e. The van der Waals surface area contributed by atoms with Crippen molar-refractivity contribution in [2.75, 3.05) is 13.1 Å². The van der Waals surface area contributed by atoms with Crippen LogP contribution in [0.2, 0.25) is 0 Å². The Kier molecular flexibility index (Phi) is 4.56. The fourth-order valence-electron chi connectivity index (χ4n) is 3.72. The quantitative estimate of drug-likeness (QED) is 0.859. The average molecular weight is 288 g/mol. The second kappa shape index (κ2) is 6.58. The third kappa shape index (κ3) is 3.63. The molecule has 0 radical (unpaired) electrons. The number of piperidine rings is 1. The lowest BCUT2D eigenvalue weighted by Gasteiger charge is -2.36. The number of carbonyl (C=O) groups is 1. The van der Waals surface area contributed by atoms with Crippen LogP contribution in [-0.2, 0) is 11.2 Å². The number of fused-ring (bicyclic) bond motifs is 2. The zero-order valence-electron chi connectivity index (χ0n) is 12.4. The Morgan fingerprint density at radius 2 is 1.86 bits per heavy atom. The Hall–Kier alpha value is -1.39. The summed E-state index contributed by atoms with van der Waals surface area (Å²) in [4.78, 5) is 14.4. The predicted molar refractivity (Wildman–Crippen MR) is 81.9 cm³/mol. The van der Waals surface area contributed by atoms with Gasteiger partial charge in [0.25, 0.3) is 0 Å². The summed E-state index contributed by atoms with van der Waals surface area (Å²) in [7, 11) is 0. The van der Waals surface area contributed by atoms with Gasteiger partial charge in [-0.1, -0.05) is 30.3 Å². The lowest BCUT2D eigenvalue weighted by atomic mass is 10.00. The van der Waals surface area contributed by atoms with Crippen molar-refractivity contribution in [3.8, 4) is 0 Å². The van der Waals surface area contributed by atoms with Crippen LogP contribution in [0.25, 0.3) is 0 Å². The van der Waals surface area contributed by atoms with E-state index in [0.717, 1.165) is 32.1 Å². The van der Waals surface area contributed by atoms with Crippen molar-refractivity contribution in [3.05, 3.63) is 35.9 Å². The zero-order chi connectivity index (χ0) is 14.7. The predicted octanol–water partition coefficient (Wildman–Crippen LogP) is 1.33. The smallest absolute Gasteiger partial charge is 0.234 e. The monoisotopic (exact) mass is 288 g/mol. The van der Waals surface area contributed by atoms with Gasteiger partial charge in [0, 0.05) is 18.6 Å². The van der Waals surface area contributed by atoms with Crippen LogP contribution in [0.5, 0.6) is 0 Å². The second-order valence-electron chi connectivity index (χ2n) is 6.27. The highest BCUT2D eigenvalue weighted by Crippen LogP contribution is 2.35. The zero-order valence-corrected chi connectivity index (χ0v) is 12.4. The van der Waals surface area contributed by atoms with Gasteiger partial charge in [-0.05, 0) is 37.7 Å². The topological polar surface area (TPSA) is 52.6 Å². The molecular formula is C17H24N2O2. The first-order valence-corrected chi connectivity index (χ1v) is 7.97. The van der Waals surface area contributed by atoms with E-state index in [2.05, 4.69) is 22.3 Å². The van der Waals surface area contributed by atoms with E-state index >= 15 is 0 Å². The molecule has 4 heteroatoms. The largest absolute Gasteiger partial charge is 0.393 e. The summed E-state index contributed by atoms with van der Waals surface area (Å²) in [5.74, 6) is 0.110. The first-order chi connectivity index (χ1) is 10.2. The average Bonchev–Trinajstić information content (AvgIpc) is 2.71. The third-order valence-corrected chi connectivity index (χ3v) is 4.76. The summed E-state index contributed by atoms with van der Waals surface area (Å²) in [6.45, 7) is 1.17. The molecule has 2 atom stereocenters. The van der Waals surface area contributed by atoms with Crippen LogP contribution in [0, 0.1) is 0 Å². The highest BCUT2D eigenvalue weighted by molar-refractivity contribution is 5.78. The van der Waals surface area contributed by atoms with Crippen LogP contribution in [-0.4, -0.2) is 47.2 Å². The van der Waals surface area contributed by atoms with E-state index in [1.165, 1.54) is 5.56 Å². The highest BCUT2D eigenvalue weighted by atomic mass is 16.3. The number of nitrogens with zero attached hydrogens (tertiary/aromatic N) is 1. The molecule has 0 saturated carbocycles. The van der Waals surface area contributed by atoms with E-state index < -0.39 is 0 Å². The molecule has 3 rings (SSSR count). The van der Waals surface area contributed by atoms with Crippen LogP contribution in [0.3, 0.4) is 0 Å². The molecule has 1 aromatic carbocycles. The summed E-state index contributed by atoms with van der Waals surface area (Å²) >= 11 is 0. The number of nitrogens with one attached hydrogen (secondary N) is 1. The molecule has 0 aromatic heterocycles. The van der Waals surface area contributed by atoms with Gasteiger partial charge in [-0.25, -0.2) is 0 Å². The van der Waals surface area contributed by atoms with Crippen molar-refractivity contribution in [2.45, 2.75) is 50.3 Å². The minimum Gasteiger partial charge on any atom is -0.393 e. The molecule has 2 N–H and O–H groups in total. The first-order valence-electron chi connectivity index (χ1n) is 7.97. The van der Waals surface area contributed by atoms with Crippen LogP contribution in [0.15, 0.2) is 30.3 Å². The van der Waals surface area contributed by atoms with Gasteiger partial charge in [0.1, 0.15) is 0 Å². The van der Waals surface area contributed by atoms with Gasteiger partial charge in [0.2, 0.25) is 5.91 Å². The van der Waals surface area contributed by atoms with Gasteiger partial charge < -0.3 is 10.4 Å². The van der Waals surface area contributed by atoms with Crippen molar-refractivity contribution in [2.24, 2.45) is 0 Å². The van der Waals surface area contributed by atoms with Gasteiger partial charge >= 0.3 is 0 Å². The van der Waals surface area contributed by atoms with E-state index in [0.29, 0.717) is 25.2 Å².